The highest BCUT2D eigenvalue weighted by Gasteiger charge is 1.97. The number of furan rings is 1. The zero-order valence-electron chi connectivity index (χ0n) is 8.16. The maximum Gasteiger partial charge on any atom is 0.126 e. The topological polar surface area (TPSA) is 33.4 Å². The first-order chi connectivity index (χ1) is 6.18. The number of hydrogen-bond donors (Lipinski definition) is 1. The minimum atomic E-state index is -0.222. The maximum absolute atomic E-state index is 9.08. The Balaban J connectivity index is 2.43. The van der Waals surface area contributed by atoms with E-state index in [0.29, 0.717) is 0 Å². The van der Waals surface area contributed by atoms with Gasteiger partial charge in [-0.15, -0.1) is 0 Å². The fourth-order valence-electron chi connectivity index (χ4n) is 1.12. The zero-order valence-corrected chi connectivity index (χ0v) is 8.16. The van der Waals surface area contributed by atoms with Gasteiger partial charge in [-0.05, 0) is 44.9 Å². The van der Waals surface area contributed by atoms with Crippen molar-refractivity contribution in [3.05, 3.63) is 29.7 Å². The van der Waals surface area contributed by atoms with Crippen molar-refractivity contribution < 1.29 is 9.52 Å². The second-order valence-electron chi connectivity index (χ2n) is 3.39. The molecule has 1 aromatic heterocycles. The standard InChI is InChI=1S/C11H16O2/c1-9(5-6-10(2)12)8-11-4-3-7-13-11/h3-4,7-8,10,12H,5-6H2,1-2H3/b9-8+. The van der Waals surface area contributed by atoms with Gasteiger partial charge in [0, 0.05) is 0 Å². The van der Waals surface area contributed by atoms with Crippen molar-refractivity contribution in [1.29, 1.82) is 0 Å². The van der Waals surface area contributed by atoms with Crippen LogP contribution >= 0.6 is 0 Å². The minimum absolute atomic E-state index is 0.222. The lowest BCUT2D eigenvalue weighted by atomic mass is 10.1. The van der Waals surface area contributed by atoms with Gasteiger partial charge in [0.15, 0.2) is 0 Å². The number of aliphatic hydroxyl groups excluding tert-OH is 1. The second-order valence-corrected chi connectivity index (χ2v) is 3.39. The fraction of sp³-hybridized carbons (Fsp3) is 0.455. The van der Waals surface area contributed by atoms with E-state index in [1.54, 1.807) is 13.2 Å². The summed E-state index contributed by atoms with van der Waals surface area (Å²) in [6, 6.07) is 3.79. The first-order valence-corrected chi connectivity index (χ1v) is 4.57. The molecule has 2 heteroatoms. The summed E-state index contributed by atoms with van der Waals surface area (Å²) in [6.07, 6.45) is 5.16. The van der Waals surface area contributed by atoms with E-state index in [2.05, 4.69) is 0 Å². The molecular weight excluding hydrogens is 164 g/mol. The lowest BCUT2D eigenvalue weighted by Crippen LogP contribution is -1.98. The largest absolute Gasteiger partial charge is 0.465 e. The van der Waals surface area contributed by atoms with E-state index in [4.69, 9.17) is 9.52 Å². The van der Waals surface area contributed by atoms with Crippen molar-refractivity contribution in [2.75, 3.05) is 0 Å². The van der Waals surface area contributed by atoms with Gasteiger partial charge in [-0.3, -0.25) is 0 Å². The summed E-state index contributed by atoms with van der Waals surface area (Å²) < 4.78 is 5.17. The third-order valence-corrected chi connectivity index (χ3v) is 1.89. The van der Waals surface area contributed by atoms with E-state index in [-0.39, 0.29) is 6.10 Å². The van der Waals surface area contributed by atoms with Crippen LogP contribution in [0.5, 0.6) is 0 Å². The SMILES string of the molecule is C/C(=C\c1ccco1)CCC(C)O. The van der Waals surface area contributed by atoms with Crippen LogP contribution in [-0.2, 0) is 0 Å². The Morgan fingerprint density at radius 1 is 1.69 bits per heavy atom. The Morgan fingerprint density at radius 2 is 2.46 bits per heavy atom. The van der Waals surface area contributed by atoms with Crippen LogP contribution in [0.15, 0.2) is 28.4 Å². The molecule has 0 aliphatic rings. The van der Waals surface area contributed by atoms with Gasteiger partial charge in [-0.1, -0.05) is 5.57 Å². The van der Waals surface area contributed by atoms with Crippen LogP contribution in [0.3, 0.4) is 0 Å². The summed E-state index contributed by atoms with van der Waals surface area (Å²) in [5.74, 6) is 0.878. The molecule has 0 aliphatic carbocycles. The van der Waals surface area contributed by atoms with Gasteiger partial charge in [-0.25, -0.2) is 0 Å². The van der Waals surface area contributed by atoms with Crippen molar-refractivity contribution in [1.82, 2.24) is 0 Å². The summed E-state index contributed by atoms with van der Waals surface area (Å²) in [7, 11) is 0. The zero-order chi connectivity index (χ0) is 9.68. The Hall–Kier alpha value is -1.02. The number of rotatable bonds is 4. The molecule has 0 saturated carbocycles. The molecule has 1 heterocycles. The molecule has 0 saturated heterocycles. The summed E-state index contributed by atoms with van der Waals surface area (Å²) in [5, 5.41) is 9.08. The minimum Gasteiger partial charge on any atom is -0.465 e. The summed E-state index contributed by atoms with van der Waals surface area (Å²) in [4.78, 5) is 0. The summed E-state index contributed by atoms with van der Waals surface area (Å²) >= 11 is 0. The van der Waals surface area contributed by atoms with Crippen LogP contribution in [0.25, 0.3) is 6.08 Å². The molecule has 0 amide bonds. The second kappa shape index (κ2) is 4.87. The highest BCUT2D eigenvalue weighted by Crippen LogP contribution is 2.12. The molecule has 0 bridgehead atoms. The fourth-order valence-corrected chi connectivity index (χ4v) is 1.12. The Kier molecular flexibility index (Phi) is 3.77. The van der Waals surface area contributed by atoms with E-state index in [0.717, 1.165) is 18.6 Å². The molecule has 13 heavy (non-hydrogen) atoms. The predicted molar refractivity (Wildman–Crippen MR) is 53.3 cm³/mol. The number of aliphatic hydroxyl groups is 1. The normalized spacial score (nSPS) is 14.5. The molecule has 0 spiro atoms. The molecule has 1 rings (SSSR count). The van der Waals surface area contributed by atoms with Crippen LogP contribution < -0.4 is 0 Å². The summed E-state index contributed by atoms with van der Waals surface area (Å²) in [5.41, 5.74) is 1.23. The lowest BCUT2D eigenvalue weighted by Gasteiger charge is -2.03. The third kappa shape index (κ3) is 3.95. The molecule has 1 unspecified atom stereocenters. The number of hydrogen-bond acceptors (Lipinski definition) is 2. The maximum atomic E-state index is 9.08. The first kappa shape index (κ1) is 10.1. The molecular formula is C11H16O2. The van der Waals surface area contributed by atoms with Crippen molar-refractivity contribution >= 4 is 6.08 Å². The van der Waals surface area contributed by atoms with Gasteiger partial charge in [0.05, 0.1) is 12.4 Å². The van der Waals surface area contributed by atoms with E-state index >= 15 is 0 Å². The lowest BCUT2D eigenvalue weighted by molar-refractivity contribution is 0.185. The van der Waals surface area contributed by atoms with E-state index in [1.165, 1.54) is 5.57 Å². The highest BCUT2D eigenvalue weighted by atomic mass is 16.3. The molecule has 0 aliphatic heterocycles. The number of allylic oxidation sites excluding steroid dienone is 1. The van der Waals surface area contributed by atoms with Gasteiger partial charge in [0.2, 0.25) is 0 Å². The molecule has 0 aromatic carbocycles. The summed E-state index contributed by atoms with van der Waals surface area (Å²) in [6.45, 7) is 3.85. The molecule has 72 valence electrons. The van der Waals surface area contributed by atoms with E-state index < -0.39 is 0 Å². The third-order valence-electron chi connectivity index (χ3n) is 1.89. The van der Waals surface area contributed by atoms with Crippen molar-refractivity contribution in [2.45, 2.75) is 32.8 Å². The van der Waals surface area contributed by atoms with Crippen molar-refractivity contribution in [3.63, 3.8) is 0 Å². The molecule has 1 N–H and O–H groups in total. The molecule has 0 fully saturated rings. The van der Waals surface area contributed by atoms with Crippen LogP contribution in [0.2, 0.25) is 0 Å². The monoisotopic (exact) mass is 180 g/mol. The van der Waals surface area contributed by atoms with Crippen molar-refractivity contribution in [3.8, 4) is 0 Å². The Bertz CT molecular complexity index is 258. The molecule has 1 atom stereocenters. The van der Waals surface area contributed by atoms with Gasteiger partial charge in [0.25, 0.3) is 0 Å². The van der Waals surface area contributed by atoms with Gasteiger partial charge >= 0.3 is 0 Å². The average Bonchev–Trinajstić information content (AvgIpc) is 2.53. The van der Waals surface area contributed by atoms with E-state index in [9.17, 15) is 0 Å². The smallest absolute Gasteiger partial charge is 0.126 e. The molecule has 1 aromatic rings. The van der Waals surface area contributed by atoms with Gasteiger partial charge in [-0.2, -0.15) is 0 Å². The van der Waals surface area contributed by atoms with Gasteiger partial charge in [0.1, 0.15) is 5.76 Å². The van der Waals surface area contributed by atoms with Crippen LogP contribution in [0, 0.1) is 0 Å². The van der Waals surface area contributed by atoms with Crippen LogP contribution in [-0.4, -0.2) is 11.2 Å². The van der Waals surface area contributed by atoms with Gasteiger partial charge < -0.3 is 9.52 Å². The quantitative estimate of drug-likeness (QED) is 0.772. The Morgan fingerprint density at radius 3 is 3.00 bits per heavy atom. The molecule has 2 nitrogen and oxygen atoms in total. The van der Waals surface area contributed by atoms with E-state index in [1.807, 2.05) is 25.1 Å². The molecule has 0 radical (unpaired) electrons. The first-order valence-electron chi connectivity index (χ1n) is 4.57. The van der Waals surface area contributed by atoms with Crippen LogP contribution in [0.1, 0.15) is 32.4 Å². The van der Waals surface area contributed by atoms with Crippen LogP contribution in [0.4, 0.5) is 0 Å². The Labute approximate surface area is 78.9 Å². The van der Waals surface area contributed by atoms with Crippen molar-refractivity contribution in [2.24, 2.45) is 0 Å². The highest BCUT2D eigenvalue weighted by molar-refractivity contribution is 5.46. The average molecular weight is 180 g/mol. The predicted octanol–water partition coefficient (Wildman–Crippen LogP) is 2.84.